The van der Waals surface area contributed by atoms with Crippen molar-refractivity contribution >= 4 is 5.91 Å². The van der Waals surface area contributed by atoms with Gasteiger partial charge in [0.25, 0.3) is 0 Å². The van der Waals surface area contributed by atoms with Crippen LogP contribution in [0.1, 0.15) is 23.9 Å². The minimum absolute atomic E-state index is 0.0382. The Morgan fingerprint density at radius 3 is 2.60 bits per heavy atom. The Hall–Kier alpha value is -1.36. The number of aryl methyl sites for hydroxylation is 2. The van der Waals surface area contributed by atoms with Crippen LogP contribution >= 0.6 is 0 Å². The Kier molecular flexibility index (Phi) is 2.26. The number of carbonyl (C=O) groups excluding carboxylic acids is 1. The molecule has 2 atom stereocenters. The first-order valence-corrected chi connectivity index (χ1v) is 5.02. The molecule has 1 saturated heterocycles. The van der Waals surface area contributed by atoms with E-state index in [9.17, 15) is 4.79 Å². The van der Waals surface area contributed by atoms with Gasteiger partial charge in [-0.15, -0.1) is 0 Å². The third-order valence-electron chi connectivity index (χ3n) is 2.97. The number of carbonyl (C=O) groups is 1. The van der Waals surface area contributed by atoms with Crippen molar-refractivity contribution in [3.63, 3.8) is 0 Å². The van der Waals surface area contributed by atoms with Crippen molar-refractivity contribution in [2.75, 3.05) is 7.05 Å². The number of likely N-dealkylation sites (N-methyl/N-ethyl adjacent to an activating group) is 1. The average molecular weight is 208 g/mol. The summed E-state index contributed by atoms with van der Waals surface area (Å²) in [4.78, 5) is 13.2. The van der Waals surface area contributed by atoms with Crippen LogP contribution in [-0.2, 0) is 11.8 Å². The maximum Gasteiger partial charge on any atom is 0.224 e. The van der Waals surface area contributed by atoms with Crippen LogP contribution in [0, 0.1) is 6.92 Å². The highest BCUT2D eigenvalue weighted by molar-refractivity contribution is 5.79. The van der Waals surface area contributed by atoms with Crippen molar-refractivity contribution in [3.05, 3.63) is 17.5 Å². The molecule has 0 bridgehead atoms. The summed E-state index contributed by atoms with van der Waals surface area (Å²) >= 11 is 0. The van der Waals surface area contributed by atoms with Crippen LogP contribution in [-0.4, -0.2) is 33.7 Å². The molecule has 1 fully saturated rings. The highest BCUT2D eigenvalue weighted by atomic mass is 16.2. The molecule has 1 aliphatic heterocycles. The van der Waals surface area contributed by atoms with Gasteiger partial charge >= 0.3 is 0 Å². The van der Waals surface area contributed by atoms with Crippen molar-refractivity contribution in [1.82, 2.24) is 14.7 Å². The lowest BCUT2D eigenvalue weighted by Crippen LogP contribution is -2.31. The van der Waals surface area contributed by atoms with E-state index in [0.29, 0.717) is 6.42 Å². The number of hydrogen-bond acceptors (Lipinski definition) is 3. The number of likely N-dealkylation sites (tertiary alicyclic amines) is 1. The summed E-state index contributed by atoms with van der Waals surface area (Å²) in [6, 6.07) is 1.82. The second-order valence-electron chi connectivity index (χ2n) is 4.15. The summed E-state index contributed by atoms with van der Waals surface area (Å²) in [6.07, 6.45) is 0.422. The van der Waals surface area contributed by atoms with Crippen molar-refractivity contribution in [2.45, 2.75) is 25.4 Å². The summed E-state index contributed by atoms with van der Waals surface area (Å²) in [6.45, 7) is 1.94. The van der Waals surface area contributed by atoms with Gasteiger partial charge in [-0.2, -0.15) is 5.10 Å². The minimum atomic E-state index is -0.128. The highest BCUT2D eigenvalue weighted by Crippen LogP contribution is 2.30. The quantitative estimate of drug-likeness (QED) is 0.704. The van der Waals surface area contributed by atoms with E-state index in [2.05, 4.69) is 5.10 Å². The summed E-state index contributed by atoms with van der Waals surface area (Å²) in [7, 11) is 3.67. The van der Waals surface area contributed by atoms with Crippen molar-refractivity contribution in [2.24, 2.45) is 12.8 Å². The zero-order valence-electron chi connectivity index (χ0n) is 9.27. The fraction of sp³-hybridized carbons (Fsp3) is 0.600. The van der Waals surface area contributed by atoms with Gasteiger partial charge in [0.05, 0.1) is 17.4 Å². The molecule has 2 heterocycles. The van der Waals surface area contributed by atoms with Crippen molar-refractivity contribution < 1.29 is 4.79 Å². The molecule has 0 aliphatic carbocycles. The minimum Gasteiger partial charge on any atom is -0.336 e. The van der Waals surface area contributed by atoms with Crippen LogP contribution in [0.2, 0.25) is 0 Å². The molecule has 5 heteroatoms. The number of rotatable bonds is 1. The van der Waals surface area contributed by atoms with Gasteiger partial charge in [0.2, 0.25) is 5.91 Å². The first-order valence-electron chi connectivity index (χ1n) is 5.02. The molecule has 0 unspecified atom stereocenters. The lowest BCUT2D eigenvalue weighted by atomic mass is 10.1. The predicted octanol–water partition coefficient (Wildman–Crippen LogP) is -0.0410. The second-order valence-corrected chi connectivity index (χ2v) is 4.15. The molecule has 0 radical (unpaired) electrons. The van der Waals surface area contributed by atoms with E-state index in [1.807, 2.05) is 20.0 Å². The van der Waals surface area contributed by atoms with E-state index < -0.39 is 0 Å². The Morgan fingerprint density at radius 1 is 1.53 bits per heavy atom. The molecule has 1 amide bonds. The second kappa shape index (κ2) is 3.34. The molecular formula is C10H16N4O. The molecule has 5 nitrogen and oxygen atoms in total. The first kappa shape index (κ1) is 10.2. The maximum absolute atomic E-state index is 11.5. The van der Waals surface area contributed by atoms with Gasteiger partial charge in [0.15, 0.2) is 0 Å². The number of aromatic nitrogens is 2. The molecule has 82 valence electrons. The van der Waals surface area contributed by atoms with Gasteiger partial charge in [-0.25, -0.2) is 0 Å². The zero-order chi connectivity index (χ0) is 11.2. The lowest BCUT2D eigenvalue weighted by Gasteiger charge is -2.22. The molecule has 15 heavy (non-hydrogen) atoms. The van der Waals surface area contributed by atoms with Gasteiger partial charge < -0.3 is 10.6 Å². The standard InChI is InChI=1S/C10H16N4O/c1-6-4-8(14(3)12-6)10-7(11)5-9(15)13(10)2/h4,7,10H,5,11H2,1-3H3/t7-,10-/m1/s1. The summed E-state index contributed by atoms with van der Waals surface area (Å²) in [5.41, 5.74) is 7.93. The Morgan fingerprint density at radius 2 is 2.20 bits per heavy atom. The molecule has 0 saturated carbocycles. The monoisotopic (exact) mass is 208 g/mol. The van der Waals surface area contributed by atoms with Crippen LogP contribution in [0.5, 0.6) is 0 Å². The van der Waals surface area contributed by atoms with E-state index >= 15 is 0 Å². The van der Waals surface area contributed by atoms with E-state index in [1.54, 1.807) is 16.6 Å². The van der Waals surface area contributed by atoms with E-state index in [-0.39, 0.29) is 18.0 Å². The smallest absolute Gasteiger partial charge is 0.224 e. The molecule has 0 spiro atoms. The molecule has 0 aromatic carbocycles. The Bertz CT molecular complexity index is 398. The van der Waals surface area contributed by atoms with Gasteiger partial charge in [0.1, 0.15) is 0 Å². The summed E-state index contributed by atoms with van der Waals surface area (Å²) < 4.78 is 1.80. The van der Waals surface area contributed by atoms with E-state index in [0.717, 1.165) is 11.4 Å². The third-order valence-corrected chi connectivity index (χ3v) is 2.97. The molecule has 1 aromatic heterocycles. The van der Waals surface area contributed by atoms with E-state index in [4.69, 9.17) is 5.73 Å². The fourth-order valence-electron chi connectivity index (χ4n) is 2.22. The summed E-state index contributed by atoms with van der Waals surface area (Å²) in [5, 5.41) is 4.27. The normalized spacial score (nSPS) is 26.4. The molecular weight excluding hydrogens is 192 g/mol. The average Bonchev–Trinajstić information content (AvgIpc) is 2.56. The van der Waals surface area contributed by atoms with Gasteiger partial charge in [-0.3, -0.25) is 9.48 Å². The number of nitrogens with zero attached hydrogens (tertiary/aromatic N) is 3. The molecule has 1 aliphatic rings. The molecule has 1 aromatic rings. The topological polar surface area (TPSA) is 64.2 Å². The van der Waals surface area contributed by atoms with Crippen LogP contribution in [0.25, 0.3) is 0 Å². The first-order chi connectivity index (χ1) is 7.00. The fourth-order valence-corrected chi connectivity index (χ4v) is 2.22. The number of hydrogen-bond donors (Lipinski definition) is 1. The number of amides is 1. The SMILES string of the molecule is Cc1cc([C@H]2[C@H](N)CC(=O)N2C)n(C)n1. The van der Waals surface area contributed by atoms with Crippen molar-refractivity contribution in [1.29, 1.82) is 0 Å². The zero-order valence-corrected chi connectivity index (χ0v) is 9.27. The summed E-state index contributed by atoms with van der Waals surface area (Å²) in [5.74, 6) is 0.103. The van der Waals surface area contributed by atoms with Gasteiger partial charge in [-0.1, -0.05) is 0 Å². The van der Waals surface area contributed by atoms with Crippen LogP contribution in [0.4, 0.5) is 0 Å². The third kappa shape index (κ3) is 1.52. The highest BCUT2D eigenvalue weighted by Gasteiger charge is 2.37. The van der Waals surface area contributed by atoms with Crippen molar-refractivity contribution in [3.8, 4) is 0 Å². The predicted molar refractivity (Wildman–Crippen MR) is 56.0 cm³/mol. The van der Waals surface area contributed by atoms with Crippen LogP contribution in [0.15, 0.2) is 6.07 Å². The molecule has 2 rings (SSSR count). The Balaban J connectivity index is 2.38. The van der Waals surface area contributed by atoms with Gasteiger partial charge in [-0.05, 0) is 13.0 Å². The Labute approximate surface area is 88.8 Å². The maximum atomic E-state index is 11.5. The van der Waals surface area contributed by atoms with Gasteiger partial charge in [0, 0.05) is 26.6 Å². The van der Waals surface area contributed by atoms with Crippen LogP contribution < -0.4 is 5.73 Å². The lowest BCUT2D eigenvalue weighted by molar-refractivity contribution is -0.127. The largest absolute Gasteiger partial charge is 0.336 e. The van der Waals surface area contributed by atoms with E-state index in [1.165, 1.54) is 0 Å². The van der Waals surface area contributed by atoms with Crippen LogP contribution in [0.3, 0.4) is 0 Å². The molecule has 2 N–H and O–H groups in total. The number of nitrogens with two attached hydrogens (primary N) is 1.